The lowest BCUT2D eigenvalue weighted by molar-refractivity contribution is 0.0945. The fourth-order valence-corrected chi connectivity index (χ4v) is 2.17. The fraction of sp³-hybridized carbons (Fsp3) is 0.0556. The summed E-state index contributed by atoms with van der Waals surface area (Å²) in [6.45, 7) is 0.331. The molecule has 0 atom stereocenters. The van der Waals surface area contributed by atoms with Crippen molar-refractivity contribution in [3.63, 3.8) is 0 Å². The van der Waals surface area contributed by atoms with E-state index in [1.54, 1.807) is 30.3 Å². The topological polar surface area (TPSA) is 86.9 Å². The zero-order valence-electron chi connectivity index (χ0n) is 13.1. The van der Waals surface area contributed by atoms with Gasteiger partial charge in [-0.3, -0.25) is 14.7 Å². The largest absolute Gasteiger partial charge is 0.347 e. The Balaban J connectivity index is 1.57. The molecule has 2 aromatic carbocycles. The number of amides is 2. The molecule has 1 aromatic heterocycles. The fourth-order valence-electron chi connectivity index (χ4n) is 2.17. The normalized spacial score (nSPS) is 10.3. The van der Waals surface area contributed by atoms with Gasteiger partial charge in [0.1, 0.15) is 11.5 Å². The second-order valence-electron chi connectivity index (χ2n) is 5.31. The van der Waals surface area contributed by atoms with Crippen LogP contribution in [0.15, 0.2) is 60.8 Å². The number of carbonyl (C=O) groups excluding carboxylic acids is 2. The van der Waals surface area contributed by atoms with Gasteiger partial charge in [-0.15, -0.1) is 0 Å². The van der Waals surface area contributed by atoms with Gasteiger partial charge in [0.15, 0.2) is 0 Å². The summed E-state index contributed by atoms with van der Waals surface area (Å²) >= 11 is 0. The number of aromatic nitrogens is 2. The molecule has 0 saturated carbocycles. The van der Waals surface area contributed by atoms with Crippen LogP contribution in [-0.2, 0) is 6.54 Å². The summed E-state index contributed by atoms with van der Waals surface area (Å²) in [5.41, 5.74) is 2.22. The summed E-state index contributed by atoms with van der Waals surface area (Å²) in [7, 11) is 0. The molecule has 126 valence electrons. The lowest BCUT2D eigenvalue weighted by Gasteiger charge is -2.07. The summed E-state index contributed by atoms with van der Waals surface area (Å²) in [4.78, 5) is 24.0. The SMILES string of the molecule is O=C(Nc1ccc(F)cc1)c1ccc(CNC(=O)c2ccn[nH]2)cc1. The van der Waals surface area contributed by atoms with Crippen molar-refractivity contribution in [3.8, 4) is 0 Å². The maximum Gasteiger partial charge on any atom is 0.269 e. The number of aromatic amines is 1. The molecular weight excluding hydrogens is 323 g/mol. The highest BCUT2D eigenvalue weighted by atomic mass is 19.1. The van der Waals surface area contributed by atoms with Gasteiger partial charge in [0.05, 0.1) is 0 Å². The molecule has 0 bridgehead atoms. The Hall–Kier alpha value is -3.48. The Morgan fingerprint density at radius 2 is 1.68 bits per heavy atom. The minimum atomic E-state index is -0.362. The van der Waals surface area contributed by atoms with Crippen LogP contribution in [0.1, 0.15) is 26.4 Å². The predicted octanol–water partition coefficient (Wildman–Crippen LogP) is 2.73. The van der Waals surface area contributed by atoms with Crippen LogP contribution < -0.4 is 10.6 Å². The van der Waals surface area contributed by atoms with Crippen LogP contribution in [0.25, 0.3) is 0 Å². The number of halogens is 1. The van der Waals surface area contributed by atoms with Gasteiger partial charge in [0.2, 0.25) is 0 Å². The van der Waals surface area contributed by atoms with Crippen LogP contribution >= 0.6 is 0 Å². The van der Waals surface area contributed by atoms with E-state index in [9.17, 15) is 14.0 Å². The van der Waals surface area contributed by atoms with Gasteiger partial charge in [0.25, 0.3) is 11.8 Å². The quantitative estimate of drug-likeness (QED) is 0.668. The van der Waals surface area contributed by atoms with E-state index >= 15 is 0 Å². The Morgan fingerprint density at radius 1 is 0.960 bits per heavy atom. The molecule has 2 amide bonds. The third-order valence-electron chi connectivity index (χ3n) is 3.52. The van der Waals surface area contributed by atoms with Crippen molar-refractivity contribution in [2.45, 2.75) is 6.54 Å². The third kappa shape index (κ3) is 4.29. The Bertz CT molecular complexity index is 859. The third-order valence-corrected chi connectivity index (χ3v) is 3.52. The summed E-state index contributed by atoms with van der Waals surface area (Å²) in [5.74, 6) is -0.908. The first-order valence-corrected chi connectivity index (χ1v) is 7.55. The van der Waals surface area contributed by atoms with E-state index in [0.717, 1.165) is 5.56 Å². The van der Waals surface area contributed by atoms with Gasteiger partial charge in [-0.1, -0.05) is 12.1 Å². The van der Waals surface area contributed by atoms with Crippen molar-refractivity contribution in [1.82, 2.24) is 15.5 Å². The number of nitrogens with zero attached hydrogens (tertiary/aromatic N) is 1. The smallest absolute Gasteiger partial charge is 0.269 e. The van der Waals surface area contributed by atoms with Gasteiger partial charge in [0, 0.05) is 24.0 Å². The second-order valence-corrected chi connectivity index (χ2v) is 5.31. The highest BCUT2D eigenvalue weighted by Crippen LogP contribution is 2.11. The molecule has 6 nitrogen and oxygen atoms in total. The molecule has 3 rings (SSSR count). The van der Waals surface area contributed by atoms with Crippen molar-refractivity contribution < 1.29 is 14.0 Å². The first kappa shape index (κ1) is 16.4. The van der Waals surface area contributed by atoms with Crippen LogP contribution in [0, 0.1) is 5.82 Å². The van der Waals surface area contributed by atoms with Gasteiger partial charge in [-0.25, -0.2) is 4.39 Å². The van der Waals surface area contributed by atoms with Crippen molar-refractivity contribution >= 4 is 17.5 Å². The number of hydrogen-bond acceptors (Lipinski definition) is 3. The van der Waals surface area contributed by atoms with Crippen LogP contribution in [0.2, 0.25) is 0 Å². The minimum absolute atomic E-state index is 0.254. The molecule has 0 radical (unpaired) electrons. The van der Waals surface area contributed by atoms with E-state index in [2.05, 4.69) is 20.8 Å². The molecule has 0 spiro atoms. The van der Waals surface area contributed by atoms with Crippen molar-refractivity contribution in [1.29, 1.82) is 0 Å². The summed E-state index contributed by atoms with van der Waals surface area (Å²) in [6, 6.07) is 14.0. The molecule has 7 heteroatoms. The van der Waals surface area contributed by atoms with E-state index in [1.165, 1.54) is 30.5 Å². The molecule has 1 heterocycles. The maximum absolute atomic E-state index is 12.9. The van der Waals surface area contributed by atoms with Crippen molar-refractivity contribution in [2.75, 3.05) is 5.32 Å². The highest BCUT2D eigenvalue weighted by molar-refractivity contribution is 6.04. The number of hydrogen-bond donors (Lipinski definition) is 3. The number of rotatable bonds is 5. The summed E-state index contributed by atoms with van der Waals surface area (Å²) in [5, 5.41) is 11.7. The molecule has 25 heavy (non-hydrogen) atoms. The van der Waals surface area contributed by atoms with Crippen molar-refractivity contribution in [2.24, 2.45) is 0 Å². The monoisotopic (exact) mass is 338 g/mol. The minimum Gasteiger partial charge on any atom is -0.347 e. The van der Waals surface area contributed by atoms with Gasteiger partial charge in [-0.05, 0) is 48.0 Å². The number of H-pyrrole nitrogens is 1. The second kappa shape index (κ2) is 7.39. The zero-order valence-corrected chi connectivity index (χ0v) is 13.1. The number of nitrogens with one attached hydrogen (secondary N) is 3. The molecule has 0 saturated heterocycles. The summed E-state index contributed by atoms with van der Waals surface area (Å²) < 4.78 is 12.9. The van der Waals surface area contributed by atoms with E-state index in [0.29, 0.717) is 23.5 Å². The van der Waals surface area contributed by atoms with Gasteiger partial charge in [-0.2, -0.15) is 5.10 Å². The number of carbonyl (C=O) groups is 2. The zero-order chi connectivity index (χ0) is 17.6. The highest BCUT2D eigenvalue weighted by Gasteiger charge is 2.08. The van der Waals surface area contributed by atoms with E-state index in [1.807, 2.05) is 0 Å². The Labute approximate surface area is 143 Å². The molecule has 0 fully saturated rings. The standard InChI is InChI=1S/C18H15FN4O2/c19-14-5-7-15(8-6-14)22-17(24)13-3-1-12(2-4-13)11-20-18(25)16-9-10-21-23-16/h1-10H,11H2,(H,20,25)(H,21,23)(H,22,24). The van der Waals surface area contributed by atoms with Crippen LogP contribution in [-0.4, -0.2) is 22.0 Å². The molecule has 0 unspecified atom stereocenters. The molecular formula is C18H15FN4O2. The molecule has 0 aliphatic rings. The average Bonchev–Trinajstić information content (AvgIpc) is 3.17. The van der Waals surface area contributed by atoms with E-state index < -0.39 is 0 Å². The van der Waals surface area contributed by atoms with Crippen molar-refractivity contribution in [3.05, 3.63) is 83.4 Å². The average molecular weight is 338 g/mol. The molecule has 3 N–H and O–H groups in total. The number of anilines is 1. The van der Waals surface area contributed by atoms with Gasteiger partial charge >= 0.3 is 0 Å². The van der Waals surface area contributed by atoms with Crippen LogP contribution in [0.5, 0.6) is 0 Å². The predicted molar refractivity (Wildman–Crippen MR) is 90.6 cm³/mol. The Morgan fingerprint density at radius 3 is 2.32 bits per heavy atom. The lowest BCUT2D eigenvalue weighted by atomic mass is 10.1. The summed E-state index contributed by atoms with van der Waals surface area (Å²) in [6.07, 6.45) is 1.50. The molecule has 3 aromatic rings. The number of benzene rings is 2. The van der Waals surface area contributed by atoms with E-state index in [4.69, 9.17) is 0 Å². The first-order chi connectivity index (χ1) is 12.1. The van der Waals surface area contributed by atoms with E-state index in [-0.39, 0.29) is 17.6 Å². The van der Waals surface area contributed by atoms with Crippen LogP contribution in [0.4, 0.5) is 10.1 Å². The van der Waals surface area contributed by atoms with Crippen LogP contribution in [0.3, 0.4) is 0 Å². The lowest BCUT2D eigenvalue weighted by Crippen LogP contribution is -2.23. The molecule has 0 aliphatic carbocycles. The molecule has 0 aliphatic heterocycles. The maximum atomic E-state index is 12.9. The van der Waals surface area contributed by atoms with Gasteiger partial charge < -0.3 is 10.6 Å². The first-order valence-electron chi connectivity index (χ1n) is 7.55. The Kier molecular flexibility index (Phi) is 4.84.